The third-order valence-corrected chi connectivity index (χ3v) is 3.34. The van der Waals surface area contributed by atoms with Crippen LogP contribution < -0.4 is 5.73 Å². The molecule has 78 valence electrons. The van der Waals surface area contributed by atoms with Crippen LogP contribution in [-0.2, 0) is 4.74 Å². The van der Waals surface area contributed by atoms with Crippen LogP contribution in [0.2, 0.25) is 0 Å². The van der Waals surface area contributed by atoms with Crippen LogP contribution in [0.3, 0.4) is 0 Å². The van der Waals surface area contributed by atoms with Gasteiger partial charge in [0.1, 0.15) is 0 Å². The highest BCUT2D eigenvalue weighted by Crippen LogP contribution is 2.22. The van der Waals surface area contributed by atoms with Crippen LogP contribution in [0.25, 0.3) is 0 Å². The topological polar surface area (TPSA) is 38.5 Å². The van der Waals surface area contributed by atoms with Gasteiger partial charge in [0.25, 0.3) is 0 Å². The summed E-state index contributed by atoms with van der Waals surface area (Å²) in [6.07, 6.45) is 0. The maximum atomic E-state index is 5.82. The highest BCUT2D eigenvalue weighted by atomic mass is 32.1. The van der Waals surface area contributed by atoms with Crippen molar-refractivity contribution >= 4 is 11.3 Å². The molecule has 3 nitrogen and oxygen atoms in total. The minimum Gasteiger partial charge on any atom is -0.379 e. The Bertz CT molecular complexity index is 257. The molecule has 0 aliphatic carbocycles. The average Bonchev–Trinajstić information content (AvgIpc) is 2.74. The van der Waals surface area contributed by atoms with E-state index < -0.39 is 0 Å². The molecule has 1 aromatic rings. The van der Waals surface area contributed by atoms with Gasteiger partial charge in [-0.05, 0) is 22.4 Å². The Morgan fingerprint density at radius 3 is 2.86 bits per heavy atom. The molecular weight excluding hydrogens is 196 g/mol. The summed E-state index contributed by atoms with van der Waals surface area (Å²) in [5, 5.41) is 4.30. The molecule has 1 aliphatic heterocycles. The second kappa shape index (κ2) is 4.89. The Kier molecular flexibility index (Phi) is 3.53. The Morgan fingerprint density at radius 1 is 1.50 bits per heavy atom. The first-order valence-corrected chi connectivity index (χ1v) is 5.90. The SMILES string of the molecule is NC[C@@H](c1ccsc1)N1CCOCC1. The zero-order valence-electron chi connectivity index (χ0n) is 8.19. The lowest BCUT2D eigenvalue weighted by atomic mass is 10.1. The van der Waals surface area contributed by atoms with Crippen molar-refractivity contribution in [2.24, 2.45) is 5.73 Å². The molecule has 4 heteroatoms. The molecule has 14 heavy (non-hydrogen) atoms. The van der Waals surface area contributed by atoms with E-state index in [0.29, 0.717) is 12.6 Å². The quantitative estimate of drug-likeness (QED) is 0.815. The molecule has 1 aromatic heterocycles. The third-order valence-electron chi connectivity index (χ3n) is 2.64. The fourth-order valence-corrected chi connectivity index (χ4v) is 2.56. The second-order valence-electron chi connectivity index (χ2n) is 3.46. The Morgan fingerprint density at radius 2 is 2.29 bits per heavy atom. The predicted octanol–water partition coefficient (Wildman–Crippen LogP) is 1.08. The van der Waals surface area contributed by atoms with Crippen LogP contribution in [0.5, 0.6) is 0 Å². The van der Waals surface area contributed by atoms with E-state index in [-0.39, 0.29) is 0 Å². The summed E-state index contributed by atoms with van der Waals surface area (Å²) in [7, 11) is 0. The molecule has 1 atom stereocenters. The van der Waals surface area contributed by atoms with Gasteiger partial charge >= 0.3 is 0 Å². The number of thiophene rings is 1. The van der Waals surface area contributed by atoms with Crippen molar-refractivity contribution in [3.8, 4) is 0 Å². The Labute approximate surface area is 88.5 Å². The number of nitrogens with two attached hydrogens (primary N) is 1. The third kappa shape index (κ3) is 2.15. The van der Waals surface area contributed by atoms with Gasteiger partial charge in [0.2, 0.25) is 0 Å². The first-order valence-electron chi connectivity index (χ1n) is 4.96. The van der Waals surface area contributed by atoms with E-state index in [2.05, 4.69) is 21.7 Å². The lowest BCUT2D eigenvalue weighted by molar-refractivity contribution is 0.0180. The summed E-state index contributed by atoms with van der Waals surface area (Å²) in [6.45, 7) is 4.35. The van der Waals surface area contributed by atoms with Gasteiger partial charge in [0.15, 0.2) is 0 Å². The van der Waals surface area contributed by atoms with Crippen LogP contribution in [0.1, 0.15) is 11.6 Å². The highest BCUT2D eigenvalue weighted by molar-refractivity contribution is 7.07. The lowest BCUT2D eigenvalue weighted by Crippen LogP contribution is -2.41. The fraction of sp³-hybridized carbons (Fsp3) is 0.600. The molecule has 0 unspecified atom stereocenters. The van der Waals surface area contributed by atoms with E-state index in [1.165, 1.54) is 5.56 Å². The minimum absolute atomic E-state index is 0.380. The van der Waals surface area contributed by atoms with Gasteiger partial charge in [0.05, 0.1) is 13.2 Å². The van der Waals surface area contributed by atoms with Crippen molar-refractivity contribution in [1.29, 1.82) is 0 Å². The monoisotopic (exact) mass is 212 g/mol. The van der Waals surface area contributed by atoms with Crippen molar-refractivity contribution in [3.05, 3.63) is 22.4 Å². The van der Waals surface area contributed by atoms with Crippen LogP contribution in [0.4, 0.5) is 0 Å². The van der Waals surface area contributed by atoms with Crippen LogP contribution in [0.15, 0.2) is 16.8 Å². The lowest BCUT2D eigenvalue weighted by Gasteiger charge is -2.33. The van der Waals surface area contributed by atoms with Gasteiger partial charge in [-0.1, -0.05) is 0 Å². The molecule has 0 saturated carbocycles. The first kappa shape index (κ1) is 10.1. The van der Waals surface area contributed by atoms with Crippen molar-refractivity contribution in [2.75, 3.05) is 32.8 Å². The molecule has 0 radical (unpaired) electrons. The molecule has 1 saturated heterocycles. The zero-order chi connectivity index (χ0) is 9.80. The number of hydrogen-bond acceptors (Lipinski definition) is 4. The molecule has 1 aliphatic rings. The van der Waals surface area contributed by atoms with Crippen molar-refractivity contribution in [3.63, 3.8) is 0 Å². The van der Waals surface area contributed by atoms with E-state index in [0.717, 1.165) is 26.3 Å². The highest BCUT2D eigenvalue weighted by Gasteiger charge is 2.21. The van der Waals surface area contributed by atoms with Crippen molar-refractivity contribution in [2.45, 2.75) is 6.04 Å². The minimum atomic E-state index is 0.380. The molecule has 1 fully saturated rings. The van der Waals surface area contributed by atoms with Crippen LogP contribution in [0, 0.1) is 0 Å². The number of hydrogen-bond donors (Lipinski definition) is 1. The van der Waals surface area contributed by atoms with Gasteiger partial charge in [-0.25, -0.2) is 0 Å². The van der Waals surface area contributed by atoms with E-state index in [4.69, 9.17) is 10.5 Å². The molecule has 0 bridgehead atoms. The molecular formula is C10H16N2OS. The maximum Gasteiger partial charge on any atom is 0.0594 e. The molecule has 0 amide bonds. The molecule has 2 N–H and O–H groups in total. The summed E-state index contributed by atoms with van der Waals surface area (Å²) in [5.74, 6) is 0. The standard InChI is InChI=1S/C10H16N2OS/c11-7-10(9-1-6-14-8-9)12-2-4-13-5-3-12/h1,6,8,10H,2-5,7,11H2/t10-/m0/s1. The predicted molar refractivity (Wildman–Crippen MR) is 58.5 cm³/mol. The largest absolute Gasteiger partial charge is 0.379 e. The van der Waals surface area contributed by atoms with E-state index >= 15 is 0 Å². The summed E-state index contributed by atoms with van der Waals surface area (Å²) >= 11 is 1.73. The first-order chi connectivity index (χ1) is 6.92. The Balaban J connectivity index is 2.04. The molecule has 0 aromatic carbocycles. The van der Waals surface area contributed by atoms with Crippen molar-refractivity contribution < 1.29 is 4.74 Å². The van der Waals surface area contributed by atoms with Gasteiger partial charge in [0, 0.05) is 25.7 Å². The van der Waals surface area contributed by atoms with Crippen molar-refractivity contribution in [1.82, 2.24) is 4.90 Å². The number of nitrogens with zero attached hydrogens (tertiary/aromatic N) is 1. The average molecular weight is 212 g/mol. The molecule has 2 rings (SSSR count). The summed E-state index contributed by atoms with van der Waals surface area (Å²) in [5.41, 5.74) is 7.16. The van der Waals surface area contributed by atoms with Gasteiger partial charge in [-0.2, -0.15) is 11.3 Å². The number of morpholine rings is 1. The number of rotatable bonds is 3. The zero-order valence-corrected chi connectivity index (χ0v) is 9.00. The van der Waals surface area contributed by atoms with Gasteiger partial charge in [-0.3, -0.25) is 4.90 Å². The molecule has 0 spiro atoms. The Hall–Kier alpha value is -0.420. The molecule has 2 heterocycles. The summed E-state index contributed by atoms with van der Waals surface area (Å²) < 4.78 is 5.33. The normalized spacial score (nSPS) is 20.9. The number of ether oxygens (including phenoxy) is 1. The fourth-order valence-electron chi connectivity index (χ4n) is 1.85. The second-order valence-corrected chi connectivity index (χ2v) is 4.24. The van der Waals surface area contributed by atoms with Gasteiger partial charge < -0.3 is 10.5 Å². The van der Waals surface area contributed by atoms with E-state index in [1.54, 1.807) is 11.3 Å². The van der Waals surface area contributed by atoms with E-state index in [9.17, 15) is 0 Å². The maximum absolute atomic E-state index is 5.82. The summed E-state index contributed by atoms with van der Waals surface area (Å²) in [4.78, 5) is 2.41. The van der Waals surface area contributed by atoms with Crippen LogP contribution >= 0.6 is 11.3 Å². The van der Waals surface area contributed by atoms with E-state index in [1.807, 2.05) is 0 Å². The van der Waals surface area contributed by atoms with Crippen LogP contribution in [-0.4, -0.2) is 37.7 Å². The smallest absolute Gasteiger partial charge is 0.0594 e. The summed E-state index contributed by atoms with van der Waals surface area (Å²) in [6, 6.07) is 2.54. The van der Waals surface area contributed by atoms with Gasteiger partial charge in [-0.15, -0.1) is 0 Å².